The van der Waals surface area contributed by atoms with E-state index in [0.29, 0.717) is 5.17 Å². The summed E-state index contributed by atoms with van der Waals surface area (Å²) in [5.41, 5.74) is 3.88. The van der Waals surface area contributed by atoms with Crippen LogP contribution >= 0.6 is 11.8 Å². The van der Waals surface area contributed by atoms with Crippen molar-refractivity contribution in [1.82, 2.24) is 5.32 Å². The van der Waals surface area contributed by atoms with Gasteiger partial charge in [-0.25, -0.2) is 4.99 Å². The van der Waals surface area contributed by atoms with Gasteiger partial charge in [-0.2, -0.15) is 0 Å². The second-order valence-corrected chi connectivity index (χ2v) is 8.25. The summed E-state index contributed by atoms with van der Waals surface area (Å²) < 4.78 is 0. The zero-order valence-corrected chi connectivity index (χ0v) is 17.0. The fourth-order valence-corrected chi connectivity index (χ4v) is 4.20. The minimum absolute atomic E-state index is 0.0890. The van der Waals surface area contributed by atoms with E-state index >= 15 is 0 Å². The van der Waals surface area contributed by atoms with Crippen molar-refractivity contribution in [3.8, 4) is 0 Å². The fraction of sp³-hybridized carbons (Fsp3) is 0.174. The van der Waals surface area contributed by atoms with Crippen LogP contribution in [0.4, 0.5) is 11.4 Å². The number of carbonyl (C=O) groups excluding carboxylic acids is 2. The highest BCUT2D eigenvalue weighted by atomic mass is 32.2. The number of carbonyl (C=O) groups is 2. The van der Waals surface area contributed by atoms with Crippen LogP contribution in [0.2, 0.25) is 0 Å². The molecule has 0 bridgehead atoms. The summed E-state index contributed by atoms with van der Waals surface area (Å²) in [4.78, 5) is 29.4. The van der Waals surface area contributed by atoms with E-state index in [-0.39, 0.29) is 18.2 Å². The molecule has 5 nitrogen and oxygen atoms in total. The highest BCUT2D eigenvalue weighted by Gasteiger charge is 2.32. The smallest absolute Gasteiger partial charge is 0.240 e. The van der Waals surface area contributed by atoms with E-state index < -0.39 is 5.25 Å². The van der Waals surface area contributed by atoms with Crippen molar-refractivity contribution >= 4 is 50.9 Å². The number of amidine groups is 1. The molecule has 3 aromatic carbocycles. The maximum atomic E-state index is 12.6. The van der Waals surface area contributed by atoms with Crippen LogP contribution in [0.15, 0.2) is 65.7 Å². The lowest BCUT2D eigenvalue weighted by molar-refractivity contribution is -0.122. The van der Waals surface area contributed by atoms with Crippen molar-refractivity contribution < 1.29 is 9.59 Å². The molecule has 3 aromatic rings. The molecule has 0 aromatic heterocycles. The van der Waals surface area contributed by atoms with Crippen LogP contribution in [0.5, 0.6) is 0 Å². The van der Waals surface area contributed by atoms with Crippen molar-refractivity contribution in [2.24, 2.45) is 4.99 Å². The van der Waals surface area contributed by atoms with Gasteiger partial charge < -0.3 is 10.6 Å². The number of rotatable bonds is 4. The number of nitrogens with one attached hydrogen (secondary N) is 2. The molecule has 0 radical (unpaired) electrons. The largest absolute Gasteiger partial charge is 0.325 e. The second-order valence-electron chi connectivity index (χ2n) is 7.06. The van der Waals surface area contributed by atoms with Gasteiger partial charge in [0.25, 0.3) is 0 Å². The van der Waals surface area contributed by atoms with Gasteiger partial charge in [0.15, 0.2) is 5.17 Å². The first-order chi connectivity index (χ1) is 14.0. The van der Waals surface area contributed by atoms with Gasteiger partial charge in [0.2, 0.25) is 11.8 Å². The molecule has 0 unspecified atom stereocenters. The summed E-state index contributed by atoms with van der Waals surface area (Å²) in [6.45, 7) is 4.07. The molecule has 1 heterocycles. The Labute approximate surface area is 173 Å². The third kappa shape index (κ3) is 4.32. The number of amides is 2. The van der Waals surface area contributed by atoms with Gasteiger partial charge in [0.05, 0.1) is 5.69 Å². The molecule has 146 valence electrons. The summed E-state index contributed by atoms with van der Waals surface area (Å²) in [5, 5.41) is 7.79. The summed E-state index contributed by atoms with van der Waals surface area (Å²) in [6, 6.07) is 19.6. The van der Waals surface area contributed by atoms with Gasteiger partial charge in [-0.15, -0.1) is 0 Å². The molecule has 0 saturated carbocycles. The maximum absolute atomic E-state index is 12.6. The van der Waals surface area contributed by atoms with Gasteiger partial charge in [0.1, 0.15) is 5.25 Å². The highest BCUT2D eigenvalue weighted by Crippen LogP contribution is 2.27. The number of hydrogen-bond acceptors (Lipinski definition) is 4. The number of hydrogen-bond donors (Lipinski definition) is 2. The van der Waals surface area contributed by atoms with Gasteiger partial charge in [0, 0.05) is 17.5 Å². The summed E-state index contributed by atoms with van der Waals surface area (Å²) in [5.74, 6) is -0.382. The third-order valence-corrected chi connectivity index (χ3v) is 6.01. The Morgan fingerprint density at radius 3 is 2.69 bits per heavy atom. The van der Waals surface area contributed by atoms with Crippen LogP contribution in [0, 0.1) is 13.8 Å². The number of thioether (sulfide) groups is 1. The highest BCUT2D eigenvalue weighted by molar-refractivity contribution is 8.15. The van der Waals surface area contributed by atoms with Gasteiger partial charge in [-0.3, -0.25) is 9.59 Å². The topological polar surface area (TPSA) is 70.6 Å². The zero-order chi connectivity index (χ0) is 20.4. The van der Waals surface area contributed by atoms with E-state index in [9.17, 15) is 9.59 Å². The Bertz CT molecular complexity index is 1130. The van der Waals surface area contributed by atoms with E-state index in [1.807, 2.05) is 74.5 Å². The van der Waals surface area contributed by atoms with Crippen LogP contribution in [0.25, 0.3) is 10.8 Å². The van der Waals surface area contributed by atoms with Gasteiger partial charge in [-0.1, -0.05) is 54.2 Å². The fourth-order valence-electron chi connectivity index (χ4n) is 3.21. The molecule has 29 heavy (non-hydrogen) atoms. The first-order valence-electron chi connectivity index (χ1n) is 9.41. The van der Waals surface area contributed by atoms with Crippen LogP contribution in [0.3, 0.4) is 0 Å². The Morgan fingerprint density at radius 1 is 1.07 bits per heavy atom. The Hall–Kier alpha value is -3.12. The molecule has 2 amide bonds. The summed E-state index contributed by atoms with van der Waals surface area (Å²) in [6.07, 6.45) is 0.0890. The van der Waals surface area contributed by atoms with Crippen molar-refractivity contribution in [1.29, 1.82) is 0 Å². The predicted octanol–water partition coefficient (Wildman–Crippen LogP) is 4.70. The summed E-state index contributed by atoms with van der Waals surface area (Å²) >= 11 is 1.29. The van der Waals surface area contributed by atoms with Crippen LogP contribution in [-0.4, -0.2) is 22.2 Å². The molecule has 0 aliphatic carbocycles. The van der Waals surface area contributed by atoms with Crippen molar-refractivity contribution in [3.05, 3.63) is 71.8 Å². The Morgan fingerprint density at radius 2 is 1.86 bits per heavy atom. The number of anilines is 1. The van der Waals surface area contributed by atoms with Crippen LogP contribution in [-0.2, 0) is 9.59 Å². The zero-order valence-electron chi connectivity index (χ0n) is 16.2. The van der Waals surface area contributed by atoms with E-state index in [0.717, 1.165) is 27.7 Å². The minimum Gasteiger partial charge on any atom is -0.325 e. The lowest BCUT2D eigenvalue weighted by Crippen LogP contribution is -2.28. The molecule has 0 spiro atoms. The molecule has 1 atom stereocenters. The predicted molar refractivity (Wildman–Crippen MR) is 120 cm³/mol. The van der Waals surface area contributed by atoms with E-state index in [4.69, 9.17) is 0 Å². The quantitative estimate of drug-likeness (QED) is 0.663. The number of benzene rings is 3. The molecule has 6 heteroatoms. The lowest BCUT2D eigenvalue weighted by Gasteiger charge is -2.10. The van der Waals surface area contributed by atoms with Gasteiger partial charge in [-0.05, 0) is 48.6 Å². The standard InChI is InChI=1S/C23H21N3O2S/c1-14-10-11-17(12-15(14)2)24-23-26-22(28)20(29-23)13-21(27)25-19-9-5-7-16-6-3-4-8-18(16)19/h3-12,20H,13H2,1-2H3,(H,25,27)(H,24,26,28)/t20-/m0/s1. The number of aryl methyl sites for hydroxylation is 2. The van der Waals surface area contributed by atoms with Crippen molar-refractivity contribution in [2.75, 3.05) is 5.32 Å². The number of aliphatic imine (C=N–C) groups is 1. The first kappa shape index (κ1) is 19.2. The molecule has 4 rings (SSSR count). The van der Waals surface area contributed by atoms with E-state index in [2.05, 4.69) is 15.6 Å². The van der Waals surface area contributed by atoms with E-state index in [1.54, 1.807) is 0 Å². The molecule has 2 N–H and O–H groups in total. The third-order valence-electron chi connectivity index (χ3n) is 4.93. The molecule has 1 aliphatic heterocycles. The molecular formula is C23H21N3O2S. The number of fused-ring (bicyclic) bond motifs is 1. The number of nitrogens with zero attached hydrogens (tertiary/aromatic N) is 1. The molecular weight excluding hydrogens is 382 g/mol. The first-order valence-corrected chi connectivity index (χ1v) is 10.3. The SMILES string of the molecule is Cc1ccc(N=C2NC(=O)[C@H](CC(=O)Nc3cccc4ccccc34)S2)cc1C. The Kier molecular flexibility index (Phi) is 5.36. The lowest BCUT2D eigenvalue weighted by atomic mass is 10.1. The monoisotopic (exact) mass is 403 g/mol. The summed E-state index contributed by atoms with van der Waals surface area (Å²) in [7, 11) is 0. The minimum atomic E-state index is -0.490. The maximum Gasteiger partial charge on any atom is 0.240 e. The Balaban J connectivity index is 1.44. The molecule has 1 saturated heterocycles. The van der Waals surface area contributed by atoms with Crippen LogP contribution < -0.4 is 10.6 Å². The average Bonchev–Trinajstić information content (AvgIpc) is 3.03. The van der Waals surface area contributed by atoms with Crippen LogP contribution in [0.1, 0.15) is 17.5 Å². The normalized spacial score (nSPS) is 17.5. The van der Waals surface area contributed by atoms with Crippen molar-refractivity contribution in [2.45, 2.75) is 25.5 Å². The second kappa shape index (κ2) is 8.09. The molecule has 1 fully saturated rings. The van der Waals surface area contributed by atoms with E-state index in [1.165, 1.54) is 17.3 Å². The molecule has 1 aliphatic rings. The average molecular weight is 404 g/mol. The van der Waals surface area contributed by atoms with Gasteiger partial charge >= 0.3 is 0 Å². The van der Waals surface area contributed by atoms with Crippen molar-refractivity contribution in [3.63, 3.8) is 0 Å².